The Bertz CT molecular complexity index is 174. The van der Waals surface area contributed by atoms with Crippen molar-refractivity contribution in [2.75, 3.05) is 0 Å². The van der Waals surface area contributed by atoms with Crippen molar-refractivity contribution in [2.24, 2.45) is 17.3 Å². The molecule has 1 aliphatic carbocycles. The summed E-state index contributed by atoms with van der Waals surface area (Å²) in [7, 11) is 0. The van der Waals surface area contributed by atoms with Gasteiger partial charge in [0.15, 0.2) is 0 Å². The molecule has 0 saturated heterocycles. The van der Waals surface area contributed by atoms with Crippen molar-refractivity contribution in [1.82, 2.24) is 0 Å². The molecule has 0 aromatic rings. The first-order valence-electron chi connectivity index (χ1n) is 4.71. The molecule has 0 bridgehead atoms. The van der Waals surface area contributed by atoms with Crippen LogP contribution in [-0.4, -0.2) is 0 Å². The molecule has 2 unspecified atom stereocenters. The lowest BCUT2D eigenvalue weighted by Crippen LogP contribution is -2.33. The van der Waals surface area contributed by atoms with Gasteiger partial charge in [-0.2, -0.15) is 0 Å². The molecule has 1 rings (SSSR count). The summed E-state index contributed by atoms with van der Waals surface area (Å²) < 4.78 is 0. The van der Waals surface area contributed by atoms with Gasteiger partial charge in [-0.25, -0.2) is 0 Å². The smallest absolute Gasteiger partial charge is 0.0109 e. The van der Waals surface area contributed by atoms with Crippen LogP contribution >= 0.6 is 0 Å². The third-order valence-electron chi connectivity index (χ3n) is 3.34. The zero-order valence-electron chi connectivity index (χ0n) is 8.44. The van der Waals surface area contributed by atoms with Crippen LogP contribution in [0.5, 0.6) is 0 Å². The normalized spacial score (nSPS) is 30.6. The summed E-state index contributed by atoms with van der Waals surface area (Å²) in [6.07, 6.45) is 3.73. The molecule has 0 amide bonds. The first-order chi connectivity index (χ1) is 4.99. The first kappa shape index (κ1) is 8.83. The average Bonchev–Trinajstić information content (AvgIpc) is 1.98. The molecule has 0 aromatic heterocycles. The predicted octanol–water partition coefficient (Wildman–Crippen LogP) is 3.63. The van der Waals surface area contributed by atoms with Gasteiger partial charge in [-0.3, -0.25) is 0 Å². The highest BCUT2D eigenvalue weighted by atomic mass is 14.4. The molecule has 0 N–H and O–H groups in total. The van der Waals surface area contributed by atoms with Gasteiger partial charge >= 0.3 is 0 Å². The summed E-state index contributed by atoms with van der Waals surface area (Å²) in [6, 6.07) is 0. The molecule has 0 aromatic carbocycles. The van der Waals surface area contributed by atoms with Gasteiger partial charge in [-0.15, -0.1) is 0 Å². The zero-order valence-corrected chi connectivity index (χ0v) is 8.44. The molecule has 1 aliphatic rings. The molecule has 0 heterocycles. The third-order valence-corrected chi connectivity index (χ3v) is 3.34. The van der Waals surface area contributed by atoms with E-state index in [0.717, 1.165) is 11.8 Å². The summed E-state index contributed by atoms with van der Waals surface area (Å²) in [5, 5.41) is 0. The van der Waals surface area contributed by atoms with Crippen LogP contribution in [0.25, 0.3) is 0 Å². The average molecular weight is 152 g/mol. The highest BCUT2D eigenvalue weighted by molar-refractivity contribution is 5.27. The standard InChI is InChI=1S/C11H20/c1-6-8(2)10-7-11(4,5)9(10)3/h7-9H,6H2,1-5H3. The fourth-order valence-electron chi connectivity index (χ4n) is 1.82. The lowest BCUT2D eigenvalue weighted by Gasteiger charge is -2.43. The Balaban J connectivity index is 2.66. The minimum atomic E-state index is 0.471. The van der Waals surface area contributed by atoms with E-state index in [-0.39, 0.29) is 0 Å². The van der Waals surface area contributed by atoms with Crippen LogP contribution in [0.2, 0.25) is 0 Å². The van der Waals surface area contributed by atoms with Crippen molar-refractivity contribution in [3.63, 3.8) is 0 Å². The van der Waals surface area contributed by atoms with Crippen molar-refractivity contribution in [3.8, 4) is 0 Å². The van der Waals surface area contributed by atoms with E-state index in [1.54, 1.807) is 5.57 Å². The number of hydrogen-bond acceptors (Lipinski definition) is 0. The summed E-state index contributed by atoms with van der Waals surface area (Å²) in [6.45, 7) is 11.6. The highest BCUT2D eigenvalue weighted by Crippen LogP contribution is 2.47. The van der Waals surface area contributed by atoms with Crippen molar-refractivity contribution in [1.29, 1.82) is 0 Å². The fourth-order valence-corrected chi connectivity index (χ4v) is 1.82. The Morgan fingerprint density at radius 1 is 1.55 bits per heavy atom. The molecule has 0 aliphatic heterocycles. The molecule has 11 heavy (non-hydrogen) atoms. The zero-order chi connectivity index (χ0) is 8.65. The van der Waals surface area contributed by atoms with Crippen LogP contribution in [0, 0.1) is 17.3 Å². The van der Waals surface area contributed by atoms with E-state index in [2.05, 4.69) is 40.7 Å². The molecular weight excluding hydrogens is 132 g/mol. The Kier molecular flexibility index (Phi) is 2.13. The maximum Gasteiger partial charge on any atom is -0.0109 e. The van der Waals surface area contributed by atoms with Gasteiger partial charge in [0.25, 0.3) is 0 Å². The second-order valence-electron chi connectivity index (χ2n) is 4.50. The van der Waals surface area contributed by atoms with E-state index in [0.29, 0.717) is 5.41 Å². The lowest BCUT2D eigenvalue weighted by molar-refractivity contribution is 0.266. The molecule has 2 atom stereocenters. The second kappa shape index (κ2) is 2.66. The summed E-state index contributed by atoms with van der Waals surface area (Å²) in [4.78, 5) is 0. The molecule has 0 nitrogen and oxygen atoms in total. The van der Waals surface area contributed by atoms with E-state index in [1.807, 2.05) is 0 Å². The van der Waals surface area contributed by atoms with Crippen LogP contribution in [-0.2, 0) is 0 Å². The quantitative estimate of drug-likeness (QED) is 0.530. The van der Waals surface area contributed by atoms with E-state index < -0.39 is 0 Å². The van der Waals surface area contributed by atoms with Crippen LogP contribution in [0.3, 0.4) is 0 Å². The van der Waals surface area contributed by atoms with Gasteiger partial charge in [0.1, 0.15) is 0 Å². The molecule has 64 valence electrons. The van der Waals surface area contributed by atoms with Crippen LogP contribution in [0.1, 0.15) is 41.0 Å². The van der Waals surface area contributed by atoms with Gasteiger partial charge in [-0.05, 0) is 23.7 Å². The largest absolute Gasteiger partial charge is 0.0785 e. The first-order valence-corrected chi connectivity index (χ1v) is 4.71. The number of allylic oxidation sites excluding steroid dienone is 2. The summed E-state index contributed by atoms with van der Waals surface area (Å²) in [5.74, 6) is 1.61. The number of hydrogen-bond donors (Lipinski definition) is 0. The van der Waals surface area contributed by atoms with Crippen LogP contribution in [0.15, 0.2) is 11.6 Å². The van der Waals surface area contributed by atoms with E-state index in [1.165, 1.54) is 6.42 Å². The van der Waals surface area contributed by atoms with Crippen LogP contribution < -0.4 is 0 Å². The molecule has 0 heteroatoms. The van der Waals surface area contributed by atoms with Gasteiger partial charge in [0.2, 0.25) is 0 Å². The van der Waals surface area contributed by atoms with E-state index >= 15 is 0 Å². The molecule has 0 fully saturated rings. The Morgan fingerprint density at radius 3 is 2.36 bits per heavy atom. The van der Waals surface area contributed by atoms with Crippen molar-refractivity contribution < 1.29 is 0 Å². The van der Waals surface area contributed by atoms with Crippen LogP contribution in [0.4, 0.5) is 0 Å². The van der Waals surface area contributed by atoms with Crippen molar-refractivity contribution >= 4 is 0 Å². The maximum absolute atomic E-state index is 2.45. The summed E-state index contributed by atoms with van der Waals surface area (Å²) in [5.41, 5.74) is 2.15. The topological polar surface area (TPSA) is 0 Å². The fraction of sp³-hybridized carbons (Fsp3) is 0.818. The van der Waals surface area contributed by atoms with E-state index in [4.69, 9.17) is 0 Å². The lowest BCUT2D eigenvalue weighted by atomic mass is 9.62. The van der Waals surface area contributed by atoms with Gasteiger partial charge < -0.3 is 0 Å². The molecule has 0 spiro atoms. The van der Waals surface area contributed by atoms with Gasteiger partial charge in [0, 0.05) is 0 Å². The molecule has 0 radical (unpaired) electrons. The predicted molar refractivity (Wildman–Crippen MR) is 50.5 cm³/mol. The molecule has 0 saturated carbocycles. The van der Waals surface area contributed by atoms with Crippen molar-refractivity contribution in [2.45, 2.75) is 41.0 Å². The highest BCUT2D eigenvalue weighted by Gasteiger charge is 2.36. The Morgan fingerprint density at radius 2 is 2.09 bits per heavy atom. The van der Waals surface area contributed by atoms with Crippen molar-refractivity contribution in [3.05, 3.63) is 11.6 Å². The van der Waals surface area contributed by atoms with Gasteiger partial charge in [-0.1, -0.05) is 46.3 Å². The molecular formula is C11H20. The third kappa shape index (κ3) is 1.36. The summed E-state index contributed by atoms with van der Waals surface area (Å²) >= 11 is 0. The minimum Gasteiger partial charge on any atom is -0.0785 e. The van der Waals surface area contributed by atoms with E-state index in [9.17, 15) is 0 Å². The Hall–Kier alpha value is -0.260. The second-order valence-corrected chi connectivity index (χ2v) is 4.50. The monoisotopic (exact) mass is 152 g/mol. The Labute approximate surface area is 70.7 Å². The van der Waals surface area contributed by atoms with Gasteiger partial charge in [0.05, 0.1) is 0 Å². The number of rotatable bonds is 2. The SMILES string of the molecule is CCC(C)C1=CC(C)(C)C1C. The minimum absolute atomic E-state index is 0.471. The maximum atomic E-state index is 2.45.